The Bertz CT molecular complexity index is 1090. The zero-order valence-corrected chi connectivity index (χ0v) is 34.3. The minimum atomic E-state index is -4.36. The molecule has 300 valence electrons. The molecule has 4 N–H and O–H groups in total. The van der Waals surface area contributed by atoms with Crippen LogP contribution in [0.5, 0.6) is 0 Å². The summed E-state index contributed by atoms with van der Waals surface area (Å²) < 4.78 is 23.4. The highest BCUT2D eigenvalue weighted by molar-refractivity contribution is 7.47. The van der Waals surface area contributed by atoms with Crippen LogP contribution in [0.3, 0.4) is 0 Å². The maximum Gasteiger partial charge on any atom is 0.472 e. The summed E-state index contributed by atoms with van der Waals surface area (Å²) in [7, 11) is 1.48. The zero-order valence-electron chi connectivity index (χ0n) is 33.4. The summed E-state index contributed by atoms with van der Waals surface area (Å²) in [5.74, 6) is -0.257. The molecule has 0 spiro atoms. The number of amides is 1. The summed E-state index contributed by atoms with van der Waals surface area (Å²) in [4.78, 5) is 23.0. The molecule has 4 atom stereocenters. The van der Waals surface area contributed by atoms with Gasteiger partial charge in [-0.3, -0.25) is 13.8 Å². The van der Waals surface area contributed by atoms with Crippen LogP contribution in [0.4, 0.5) is 0 Å². The third-order valence-electron chi connectivity index (χ3n) is 8.17. The molecule has 0 aromatic carbocycles. The molecule has 0 aromatic rings. The SMILES string of the molecule is CCCCCCCC/C=C\CC/C=C/[C@@H](O)[C@H](COP(=O)(O)OCC[N+](C)(C)C)NC(=O)CCC/C=C\C/C=C\C/C=C\C/C=C\CCC[C@H](C)O. The third-order valence-corrected chi connectivity index (χ3v) is 9.15. The normalized spacial score (nSPS) is 15.9. The Morgan fingerprint density at radius 2 is 1.23 bits per heavy atom. The maximum atomic E-state index is 12.8. The smallest absolute Gasteiger partial charge is 0.393 e. The lowest BCUT2D eigenvalue weighted by atomic mass is 10.1. The lowest BCUT2D eigenvalue weighted by Crippen LogP contribution is -2.45. The standard InChI is InChI=1S/C42H75N2O7P/c1-6-7-8-9-10-11-12-19-22-25-28-31-34-41(46)40(38-51-52(48,49)50-37-36-44(3,4)5)43-42(47)35-32-29-26-23-20-17-15-13-14-16-18-21-24-27-30-33-39(2)45/h14-17,19,21-24,26,31,34,39-41,45-46H,6-13,18,20,25,27-30,32-33,35-38H2,1-5H3,(H-,43,47,48,49)/p+1/b16-14-,17-15-,22-19-,24-21-,26-23-,34-31+/t39-,40-,41+/m0/s1. The molecule has 0 saturated carbocycles. The van der Waals surface area contributed by atoms with Crippen molar-refractivity contribution in [1.29, 1.82) is 0 Å². The molecule has 0 heterocycles. The molecule has 9 nitrogen and oxygen atoms in total. The van der Waals surface area contributed by atoms with Crippen LogP contribution < -0.4 is 5.32 Å². The number of phosphoric acid groups is 1. The number of quaternary nitrogens is 1. The first-order valence-electron chi connectivity index (χ1n) is 19.9. The van der Waals surface area contributed by atoms with Crippen molar-refractivity contribution >= 4 is 13.7 Å². The molecule has 0 aromatic heterocycles. The number of aliphatic hydroxyl groups excluding tert-OH is 2. The van der Waals surface area contributed by atoms with Crippen LogP contribution >= 0.6 is 7.82 Å². The van der Waals surface area contributed by atoms with Gasteiger partial charge in [0.25, 0.3) is 0 Å². The fourth-order valence-electron chi connectivity index (χ4n) is 4.95. The van der Waals surface area contributed by atoms with Gasteiger partial charge in [-0.1, -0.05) is 112 Å². The number of unbranched alkanes of at least 4 members (excludes halogenated alkanes) is 9. The van der Waals surface area contributed by atoms with Gasteiger partial charge in [-0.05, 0) is 84.0 Å². The first-order valence-corrected chi connectivity index (χ1v) is 21.3. The monoisotopic (exact) mass is 752 g/mol. The minimum absolute atomic E-state index is 0.0364. The van der Waals surface area contributed by atoms with Crippen LogP contribution in [-0.2, 0) is 18.4 Å². The number of likely N-dealkylation sites (N-methyl/N-ethyl adjacent to an activating group) is 1. The van der Waals surface area contributed by atoms with Crippen molar-refractivity contribution in [2.45, 2.75) is 148 Å². The first-order chi connectivity index (χ1) is 24.9. The van der Waals surface area contributed by atoms with E-state index in [2.05, 4.69) is 73.0 Å². The number of hydrogen-bond acceptors (Lipinski definition) is 6. The van der Waals surface area contributed by atoms with E-state index in [0.717, 1.165) is 64.2 Å². The highest BCUT2D eigenvalue weighted by Crippen LogP contribution is 2.43. The molecule has 0 bridgehead atoms. The van der Waals surface area contributed by atoms with Crippen LogP contribution in [0.1, 0.15) is 129 Å². The molecule has 0 aliphatic rings. The Labute approximate surface area is 317 Å². The molecular weight excluding hydrogens is 675 g/mol. The van der Waals surface area contributed by atoms with Crippen molar-refractivity contribution in [2.24, 2.45) is 0 Å². The third kappa shape index (κ3) is 36.3. The average molecular weight is 752 g/mol. The fraction of sp³-hybridized carbons (Fsp3) is 0.690. The van der Waals surface area contributed by atoms with Crippen molar-refractivity contribution in [3.05, 3.63) is 72.9 Å². The van der Waals surface area contributed by atoms with Gasteiger partial charge in [0.2, 0.25) is 5.91 Å². The number of carbonyl (C=O) groups is 1. The number of nitrogens with one attached hydrogen (secondary N) is 1. The van der Waals surface area contributed by atoms with Crippen molar-refractivity contribution in [2.75, 3.05) is 40.9 Å². The van der Waals surface area contributed by atoms with Gasteiger partial charge in [0.15, 0.2) is 0 Å². The van der Waals surface area contributed by atoms with Gasteiger partial charge in [0.1, 0.15) is 13.2 Å². The van der Waals surface area contributed by atoms with Crippen molar-refractivity contribution in [3.8, 4) is 0 Å². The van der Waals surface area contributed by atoms with E-state index < -0.39 is 20.0 Å². The lowest BCUT2D eigenvalue weighted by Gasteiger charge is -2.25. The number of allylic oxidation sites excluding steroid dienone is 11. The Balaban J connectivity index is 4.66. The van der Waals surface area contributed by atoms with Crippen molar-refractivity contribution in [1.82, 2.24) is 5.32 Å². The zero-order chi connectivity index (χ0) is 38.8. The summed E-state index contributed by atoms with van der Waals surface area (Å²) in [5, 5.41) is 22.9. The number of carbonyl (C=O) groups excluding carboxylic acids is 1. The van der Waals surface area contributed by atoms with Crippen molar-refractivity contribution < 1.29 is 38.0 Å². The summed E-state index contributed by atoms with van der Waals surface area (Å²) >= 11 is 0. The number of aliphatic hydroxyl groups is 2. The molecule has 0 fully saturated rings. The first kappa shape index (κ1) is 49.9. The Morgan fingerprint density at radius 1 is 0.712 bits per heavy atom. The van der Waals surface area contributed by atoms with E-state index in [1.807, 2.05) is 34.1 Å². The van der Waals surface area contributed by atoms with Gasteiger partial charge in [-0.25, -0.2) is 4.57 Å². The average Bonchev–Trinajstić information content (AvgIpc) is 3.07. The van der Waals surface area contributed by atoms with E-state index in [-0.39, 0.29) is 31.6 Å². The summed E-state index contributed by atoms with van der Waals surface area (Å²) in [6.45, 7) is 4.24. The molecule has 10 heteroatoms. The van der Waals surface area contributed by atoms with Gasteiger partial charge < -0.3 is 24.9 Å². The molecular formula is C42H76N2O7P+. The second-order valence-corrected chi connectivity index (χ2v) is 16.0. The van der Waals surface area contributed by atoms with Crippen LogP contribution in [0.2, 0.25) is 0 Å². The van der Waals surface area contributed by atoms with Crippen LogP contribution in [0, 0.1) is 0 Å². The van der Waals surface area contributed by atoms with Gasteiger partial charge in [-0.2, -0.15) is 0 Å². The van der Waals surface area contributed by atoms with E-state index in [9.17, 15) is 24.5 Å². The fourth-order valence-corrected chi connectivity index (χ4v) is 5.68. The lowest BCUT2D eigenvalue weighted by molar-refractivity contribution is -0.870. The highest BCUT2D eigenvalue weighted by atomic mass is 31.2. The number of hydrogen-bond donors (Lipinski definition) is 4. The molecule has 0 saturated heterocycles. The van der Waals surface area contributed by atoms with E-state index in [0.29, 0.717) is 17.4 Å². The molecule has 52 heavy (non-hydrogen) atoms. The topological polar surface area (TPSA) is 125 Å². The quantitative estimate of drug-likeness (QED) is 0.0224. The second kappa shape index (κ2) is 33.5. The highest BCUT2D eigenvalue weighted by Gasteiger charge is 2.27. The predicted octanol–water partition coefficient (Wildman–Crippen LogP) is 9.43. The van der Waals surface area contributed by atoms with E-state index >= 15 is 0 Å². The van der Waals surface area contributed by atoms with Gasteiger partial charge >= 0.3 is 7.82 Å². The molecule has 0 radical (unpaired) electrons. The molecule has 0 rings (SSSR count). The van der Waals surface area contributed by atoms with Gasteiger partial charge in [-0.15, -0.1) is 0 Å². The van der Waals surface area contributed by atoms with Crippen molar-refractivity contribution in [3.63, 3.8) is 0 Å². The maximum absolute atomic E-state index is 12.8. The molecule has 1 unspecified atom stereocenters. The summed E-state index contributed by atoms with van der Waals surface area (Å²) in [6, 6.07) is -0.902. The van der Waals surface area contributed by atoms with Crippen LogP contribution in [-0.4, -0.2) is 84.6 Å². The molecule has 0 aliphatic heterocycles. The molecule has 1 amide bonds. The van der Waals surface area contributed by atoms with E-state index in [4.69, 9.17) is 9.05 Å². The van der Waals surface area contributed by atoms with Gasteiger partial charge in [0.05, 0.1) is 46.0 Å². The number of nitrogens with zero attached hydrogens (tertiary/aromatic N) is 1. The Kier molecular flexibility index (Phi) is 32.1. The second-order valence-electron chi connectivity index (χ2n) is 14.6. The largest absolute Gasteiger partial charge is 0.472 e. The summed E-state index contributed by atoms with van der Waals surface area (Å²) in [5.41, 5.74) is 0. The van der Waals surface area contributed by atoms with Crippen LogP contribution in [0.25, 0.3) is 0 Å². The number of rotatable bonds is 34. The molecule has 0 aliphatic carbocycles. The van der Waals surface area contributed by atoms with Gasteiger partial charge in [0, 0.05) is 6.42 Å². The Hall–Kier alpha value is -2.10. The predicted molar refractivity (Wildman–Crippen MR) is 218 cm³/mol. The van der Waals surface area contributed by atoms with Crippen LogP contribution in [0.15, 0.2) is 72.9 Å². The number of phosphoric ester groups is 1. The summed E-state index contributed by atoms with van der Waals surface area (Å²) in [6.07, 6.45) is 41.1. The van der Waals surface area contributed by atoms with E-state index in [1.54, 1.807) is 6.08 Å². The Morgan fingerprint density at radius 3 is 1.85 bits per heavy atom. The minimum Gasteiger partial charge on any atom is -0.393 e. The van der Waals surface area contributed by atoms with E-state index in [1.165, 1.54) is 38.5 Å².